The summed E-state index contributed by atoms with van der Waals surface area (Å²) in [4.78, 5) is 30.0. The van der Waals surface area contributed by atoms with Gasteiger partial charge in [-0.25, -0.2) is 9.97 Å². The molecule has 0 atom stereocenters. The third-order valence-electron chi connectivity index (χ3n) is 5.62. The highest BCUT2D eigenvalue weighted by atomic mass is 35.5. The lowest BCUT2D eigenvalue weighted by molar-refractivity contribution is -0.134. The first-order valence-electron chi connectivity index (χ1n) is 10.5. The van der Waals surface area contributed by atoms with Gasteiger partial charge in [0.05, 0.1) is 11.1 Å². The molecule has 0 aliphatic carbocycles. The molecule has 1 amide bonds. The summed E-state index contributed by atoms with van der Waals surface area (Å²) in [7, 11) is 0. The summed E-state index contributed by atoms with van der Waals surface area (Å²) in [6.07, 6.45) is 0. The number of halogens is 1. The van der Waals surface area contributed by atoms with Crippen molar-refractivity contribution in [1.29, 1.82) is 0 Å². The number of hydrogen-bond donors (Lipinski definition) is 0. The molecule has 2 aromatic heterocycles. The van der Waals surface area contributed by atoms with Crippen LogP contribution in [0, 0.1) is 19.8 Å². The zero-order valence-electron chi connectivity index (χ0n) is 18.3. The fourth-order valence-corrected chi connectivity index (χ4v) is 5.67. The Labute approximate surface area is 196 Å². The molecule has 3 heterocycles. The van der Waals surface area contributed by atoms with Gasteiger partial charge >= 0.3 is 0 Å². The molecule has 8 heteroatoms. The molecule has 0 unspecified atom stereocenters. The Balaban J connectivity index is 1.59. The van der Waals surface area contributed by atoms with E-state index in [0.717, 1.165) is 58.0 Å². The lowest BCUT2D eigenvalue weighted by atomic mass is 10.1. The van der Waals surface area contributed by atoms with Crippen LogP contribution in [-0.4, -0.2) is 47.0 Å². The number of anilines is 1. The number of aryl methyl sites for hydroxylation is 2. The molecule has 0 radical (unpaired) electrons. The quantitative estimate of drug-likeness (QED) is 0.453. The van der Waals surface area contributed by atoms with Gasteiger partial charge in [0.15, 0.2) is 0 Å². The number of thioether (sulfide) groups is 1. The maximum absolute atomic E-state index is 12.4. The molecular weight excluding hydrogens is 448 g/mol. The zero-order chi connectivity index (χ0) is 22.1. The van der Waals surface area contributed by atoms with Gasteiger partial charge in [-0.05, 0) is 43.7 Å². The lowest BCUT2D eigenvalue weighted by Crippen LogP contribution is -2.50. The Morgan fingerprint density at radius 1 is 1.13 bits per heavy atom. The zero-order valence-corrected chi connectivity index (χ0v) is 20.7. The molecular formula is C23H27ClN4OS2. The van der Waals surface area contributed by atoms with Crippen molar-refractivity contribution in [1.82, 2.24) is 14.9 Å². The fraction of sp³-hybridized carbons (Fsp3) is 0.435. The Morgan fingerprint density at radius 3 is 2.45 bits per heavy atom. The molecule has 5 nitrogen and oxygen atoms in total. The van der Waals surface area contributed by atoms with Crippen molar-refractivity contribution in [3.63, 3.8) is 0 Å². The number of nitrogens with zero attached hydrogens (tertiary/aromatic N) is 4. The SMILES string of the molecule is Cc1sc2nc(CSc3ccc(Cl)cc3)nc(N3CCN(C(=O)C(C)C)CC3)c2c1C. The van der Waals surface area contributed by atoms with Crippen LogP contribution in [0.4, 0.5) is 5.82 Å². The number of aromatic nitrogens is 2. The van der Waals surface area contributed by atoms with Gasteiger partial charge in [0.1, 0.15) is 16.5 Å². The first kappa shape index (κ1) is 22.4. The van der Waals surface area contributed by atoms with Crippen molar-refractivity contribution in [2.45, 2.75) is 38.3 Å². The maximum atomic E-state index is 12.4. The molecule has 0 saturated carbocycles. The van der Waals surface area contributed by atoms with E-state index >= 15 is 0 Å². The number of piperazine rings is 1. The minimum atomic E-state index is 0.0376. The van der Waals surface area contributed by atoms with Crippen LogP contribution in [0.3, 0.4) is 0 Å². The van der Waals surface area contributed by atoms with Crippen LogP contribution >= 0.6 is 34.7 Å². The molecule has 3 aromatic rings. The number of fused-ring (bicyclic) bond motifs is 1. The minimum absolute atomic E-state index is 0.0376. The Morgan fingerprint density at radius 2 is 1.81 bits per heavy atom. The number of carbonyl (C=O) groups excluding carboxylic acids is 1. The number of rotatable bonds is 5. The van der Waals surface area contributed by atoms with Gasteiger partial charge in [-0.1, -0.05) is 25.4 Å². The van der Waals surface area contributed by atoms with E-state index < -0.39 is 0 Å². The monoisotopic (exact) mass is 474 g/mol. The van der Waals surface area contributed by atoms with Crippen LogP contribution in [0.25, 0.3) is 10.2 Å². The fourth-order valence-electron chi connectivity index (χ4n) is 3.75. The first-order valence-corrected chi connectivity index (χ1v) is 12.7. The summed E-state index contributed by atoms with van der Waals surface area (Å²) in [6.45, 7) is 11.3. The standard InChI is InChI=1S/C23H27ClN4OS2/c1-14(2)23(29)28-11-9-27(10-12-28)21-20-15(3)16(4)31-22(20)26-19(25-21)13-30-18-7-5-17(24)6-8-18/h5-8,14H,9-13H2,1-4H3. The molecule has 4 rings (SSSR count). The Kier molecular flexibility index (Phi) is 6.74. The average molecular weight is 475 g/mol. The first-order chi connectivity index (χ1) is 14.8. The highest BCUT2D eigenvalue weighted by Crippen LogP contribution is 2.36. The molecule has 1 aliphatic rings. The van der Waals surface area contributed by atoms with E-state index in [-0.39, 0.29) is 11.8 Å². The molecule has 0 N–H and O–H groups in total. The van der Waals surface area contributed by atoms with Crippen LogP contribution in [0.2, 0.25) is 5.02 Å². The Hall–Kier alpha value is -1.83. The topological polar surface area (TPSA) is 49.3 Å². The van der Waals surface area contributed by atoms with Crippen LogP contribution in [0.15, 0.2) is 29.2 Å². The molecule has 1 aliphatic heterocycles. The Bertz CT molecular complexity index is 1090. The lowest BCUT2D eigenvalue weighted by Gasteiger charge is -2.36. The van der Waals surface area contributed by atoms with Gasteiger partial charge in [0.25, 0.3) is 0 Å². The molecule has 0 bridgehead atoms. The highest BCUT2D eigenvalue weighted by molar-refractivity contribution is 7.98. The van der Waals surface area contributed by atoms with Gasteiger partial charge in [0.2, 0.25) is 5.91 Å². The second-order valence-corrected chi connectivity index (χ2v) is 10.8. The number of carbonyl (C=O) groups is 1. The number of thiophene rings is 1. The number of amides is 1. The molecule has 1 fully saturated rings. The highest BCUT2D eigenvalue weighted by Gasteiger charge is 2.26. The molecule has 1 saturated heterocycles. The van der Waals surface area contributed by atoms with Crippen molar-refractivity contribution in [2.24, 2.45) is 5.92 Å². The van der Waals surface area contributed by atoms with Crippen LogP contribution < -0.4 is 4.90 Å². The summed E-state index contributed by atoms with van der Waals surface area (Å²) >= 11 is 9.45. The van der Waals surface area contributed by atoms with E-state index in [1.54, 1.807) is 23.1 Å². The number of hydrogen-bond acceptors (Lipinski definition) is 6. The third-order valence-corrected chi connectivity index (χ3v) is 7.98. The second-order valence-electron chi connectivity index (χ2n) is 8.14. The molecule has 1 aromatic carbocycles. The van der Waals surface area contributed by atoms with Gasteiger partial charge in [-0.15, -0.1) is 23.1 Å². The summed E-state index contributed by atoms with van der Waals surface area (Å²) in [5.41, 5.74) is 1.26. The van der Waals surface area contributed by atoms with Crippen molar-refractivity contribution < 1.29 is 4.79 Å². The summed E-state index contributed by atoms with van der Waals surface area (Å²) in [5.74, 6) is 2.82. The van der Waals surface area contributed by atoms with Gasteiger partial charge in [-0.3, -0.25) is 4.79 Å². The predicted molar refractivity (Wildman–Crippen MR) is 132 cm³/mol. The summed E-state index contributed by atoms with van der Waals surface area (Å²) in [5, 5.41) is 1.90. The smallest absolute Gasteiger partial charge is 0.225 e. The minimum Gasteiger partial charge on any atom is -0.352 e. The maximum Gasteiger partial charge on any atom is 0.225 e. The van der Waals surface area contributed by atoms with E-state index in [9.17, 15) is 4.79 Å². The van der Waals surface area contributed by atoms with Crippen molar-refractivity contribution in [3.05, 3.63) is 45.6 Å². The largest absolute Gasteiger partial charge is 0.352 e. The van der Waals surface area contributed by atoms with Gasteiger partial charge in [-0.2, -0.15) is 0 Å². The summed E-state index contributed by atoms with van der Waals surface area (Å²) in [6, 6.07) is 7.86. The molecule has 164 valence electrons. The van der Waals surface area contributed by atoms with E-state index in [2.05, 4.69) is 18.7 Å². The summed E-state index contributed by atoms with van der Waals surface area (Å²) < 4.78 is 0. The molecule has 0 spiro atoms. The number of benzene rings is 1. The van der Waals surface area contributed by atoms with Gasteiger partial charge in [0, 0.05) is 46.9 Å². The van der Waals surface area contributed by atoms with E-state index in [4.69, 9.17) is 21.6 Å². The van der Waals surface area contributed by atoms with E-state index in [1.165, 1.54) is 10.4 Å². The average Bonchev–Trinajstić information content (AvgIpc) is 3.05. The third kappa shape index (κ3) is 4.83. The van der Waals surface area contributed by atoms with Crippen molar-refractivity contribution in [2.75, 3.05) is 31.1 Å². The second kappa shape index (κ2) is 9.35. The van der Waals surface area contributed by atoms with Crippen LogP contribution in [0.5, 0.6) is 0 Å². The van der Waals surface area contributed by atoms with Crippen LogP contribution in [-0.2, 0) is 10.5 Å². The van der Waals surface area contributed by atoms with E-state index in [1.807, 2.05) is 43.0 Å². The van der Waals surface area contributed by atoms with E-state index in [0.29, 0.717) is 5.75 Å². The van der Waals surface area contributed by atoms with Crippen LogP contribution in [0.1, 0.15) is 30.1 Å². The van der Waals surface area contributed by atoms with Crippen molar-refractivity contribution >= 4 is 56.6 Å². The van der Waals surface area contributed by atoms with Gasteiger partial charge < -0.3 is 9.80 Å². The molecule has 31 heavy (non-hydrogen) atoms. The normalized spacial score (nSPS) is 14.6. The predicted octanol–water partition coefficient (Wildman–Crippen LogP) is 5.56. The van der Waals surface area contributed by atoms with Crippen molar-refractivity contribution in [3.8, 4) is 0 Å².